The minimum atomic E-state index is 0.752. The van der Waals surface area contributed by atoms with E-state index in [1.165, 1.54) is 72.5 Å². The summed E-state index contributed by atoms with van der Waals surface area (Å²) in [7, 11) is 0. The molecular formula is C23H29NOS. The van der Waals surface area contributed by atoms with E-state index in [2.05, 4.69) is 42.2 Å². The molecule has 0 aromatic heterocycles. The molecule has 0 aliphatic carbocycles. The molecule has 0 radical (unpaired) electrons. The van der Waals surface area contributed by atoms with Crippen LogP contribution in [0.25, 0.3) is 0 Å². The fraction of sp³-hybridized carbons (Fsp3) is 0.435. The summed E-state index contributed by atoms with van der Waals surface area (Å²) in [5, 5.41) is 0. The van der Waals surface area contributed by atoms with Crippen molar-refractivity contribution in [1.29, 1.82) is 0 Å². The molecule has 0 amide bonds. The molecule has 0 N–H and O–H groups in total. The fourth-order valence-electron chi connectivity index (χ4n) is 3.57. The predicted octanol–water partition coefficient (Wildman–Crippen LogP) is 7.24. The van der Waals surface area contributed by atoms with Gasteiger partial charge in [0.15, 0.2) is 0 Å². The first kappa shape index (κ1) is 19.0. The topological polar surface area (TPSA) is 20.3 Å². The quantitative estimate of drug-likeness (QED) is 0.326. The summed E-state index contributed by atoms with van der Waals surface area (Å²) in [6, 6.07) is 14.7. The van der Waals surface area contributed by atoms with Gasteiger partial charge in [0.1, 0.15) is 6.29 Å². The summed E-state index contributed by atoms with van der Waals surface area (Å²) in [4.78, 5) is 16.0. The number of rotatable bonds is 10. The lowest BCUT2D eigenvalue weighted by molar-refractivity contribution is 0.112. The largest absolute Gasteiger partial charge is 0.340 e. The van der Waals surface area contributed by atoms with Gasteiger partial charge in [-0.15, -0.1) is 0 Å². The molecule has 0 fully saturated rings. The van der Waals surface area contributed by atoms with Crippen LogP contribution in [-0.2, 0) is 0 Å². The van der Waals surface area contributed by atoms with E-state index in [9.17, 15) is 4.79 Å². The number of unbranched alkanes of at least 4 members (excludes halogenated alkanes) is 7. The first-order valence-electron chi connectivity index (χ1n) is 9.97. The molecule has 1 aliphatic heterocycles. The third-order valence-electron chi connectivity index (χ3n) is 5.02. The number of hydrogen-bond donors (Lipinski definition) is 0. The van der Waals surface area contributed by atoms with Gasteiger partial charge < -0.3 is 4.90 Å². The molecule has 0 saturated heterocycles. The zero-order valence-electron chi connectivity index (χ0n) is 15.7. The van der Waals surface area contributed by atoms with Crippen LogP contribution in [0.2, 0.25) is 0 Å². The van der Waals surface area contributed by atoms with E-state index in [0.29, 0.717) is 0 Å². The zero-order chi connectivity index (χ0) is 18.2. The Morgan fingerprint density at radius 2 is 1.54 bits per heavy atom. The number of benzene rings is 2. The molecule has 1 heterocycles. The maximum Gasteiger partial charge on any atom is 0.150 e. The van der Waals surface area contributed by atoms with Gasteiger partial charge in [-0.3, -0.25) is 4.79 Å². The van der Waals surface area contributed by atoms with Crippen LogP contribution in [-0.4, -0.2) is 12.8 Å². The number of hydrogen-bond acceptors (Lipinski definition) is 3. The van der Waals surface area contributed by atoms with E-state index in [-0.39, 0.29) is 0 Å². The molecule has 0 unspecified atom stereocenters. The van der Waals surface area contributed by atoms with Crippen LogP contribution in [0.3, 0.4) is 0 Å². The molecular weight excluding hydrogens is 338 g/mol. The number of aldehydes is 1. The fourth-order valence-corrected chi connectivity index (χ4v) is 4.71. The molecule has 0 atom stereocenters. The van der Waals surface area contributed by atoms with Gasteiger partial charge >= 0.3 is 0 Å². The van der Waals surface area contributed by atoms with Crippen LogP contribution in [0.1, 0.15) is 68.6 Å². The molecule has 0 spiro atoms. The normalized spacial score (nSPS) is 12.6. The van der Waals surface area contributed by atoms with Crippen LogP contribution >= 0.6 is 11.8 Å². The average Bonchev–Trinajstić information content (AvgIpc) is 2.68. The Morgan fingerprint density at radius 1 is 0.846 bits per heavy atom. The molecule has 138 valence electrons. The van der Waals surface area contributed by atoms with E-state index < -0.39 is 0 Å². The highest BCUT2D eigenvalue weighted by molar-refractivity contribution is 7.99. The Balaban J connectivity index is 1.62. The first-order chi connectivity index (χ1) is 12.8. The monoisotopic (exact) mass is 367 g/mol. The Bertz CT molecular complexity index is 728. The number of carbonyl (C=O) groups excluding carboxylic acids is 1. The highest BCUT2D eigenvalue weighted by Gasteiger charge is 2.22. The van der Waals surface area contributed by atoms with E-state index in [1.807, 2.05) is 12.1 Å². The predicted molar refractivity (Wildman–Crippen MR) is 112 cm³/mol. The minimum absolute atomic E-state index is 0.752. The lowest BCUT2D eigenvalue weighted by Gasteiger charge is -2.33. The van der Waals surface area contributed by atoms with Gasteiger partial charge in [0, 0.05) is 21.9 Å². The summed E-state index contributed by atoms with van der Waals surface area (Å²) in [6.07, 6.45) is 11.6. The maximum absolute atomic E-state index is 11.1. The second-order valence-electron chi connectivity index (χ2n) is 7.04. The third-order valence-corrected chi connectivity index (χ3v) is 6.13. The standard InChI is InChI=1S/C23H29NOS/c1-2-3-4-5-6-7-8-11-16-24-20-12-9-10-13-22(20)26-23-17-19(18-25)14-15-21(23)24/h9-10,12-15,17-18H,2-8,11,16H2,1H3. The second kappa shape index (κ2) is 9.82. The molecule has 3 rings (SSSR count). The number of para-hydroxylation sites is 1. The maximum atomic E-state index is 11.1. The Hall–Kier alpha value is -1.74. The molecule has 0 saturated carbocycles. The van der Waals surface area contributed by atoms with Gasteiger partial charge in [0.25, 0.3) is 0 Å². The van der Waals surface area contributed by atoms with Crippen molar-refractivity contribution in [2.45, 2.75) is 68.1 Å². The smallest absolute Gasteiger partial charge is 0.150 e. The van der Waals surface area contributed by atoms with Crippen molar-refractivity contribution < 1.29 is 4.79 Å². The van der Waals surface area contributed by atoms with Gasteiger partial charge in [-0.25, -0.2) is 0 Å². The molecule has 2 aromatic carbocycles. The summed E-state index contributed by atoms with van der Waals surface area (Å²) in [5.74, 6) is 0. The van der Waals surface area contributed by atoms with Crippen molar-refractivity contribution in [3.05, 3.63) is 48.0 Å². The molecule has 2 nitrogen and oxygen atoms in total. The van der Waals surface area contributed by atoms with Gasteiger partial charge in [-0.05, 0) is 36.8 Å². The Labute approximate surface area is 162 Å². The lowest BCUT2D eigenvalue weighted by atomic mass is 10.1. The van der Waals surface area contributed by atoms with E-state index >= 15 is 0 Å². The number of fused-ring (bicyclic) bond motifs is 2. The minimum Gasteiger partial charge on any atom is -0.340 e. The highest BCUT2D eigenvalue weighted by Crippen LogP contribution is 2.48. The van der Waals surface area contributed by atoms with Gasteiger partial charge in [0.05, 0.1) is 11.4 Å². The molecule has 3 heteroatoms. The molecule has 2 aromatic rings. The van der Waals surface area contributed by atoms with Crippen molar-refractivity contribution in [3.63, 3.8) is 0 Å². The van der Waals surface area contributed by atoms with Crippen molar-refractivity contribution in [2.75, 3.05) is 11.4 Å². The summed E-state index contributed by atoms with van der Waals surface area (Å²) < 4.78 is 0. The lowest BCUT2D eigenvalue weighted by Crippen LogP contribution is -2.22. The summed E-state index contributed by atoms with van der Waals surface area (Å²) in [6.45, 7) is 3.31. The molecule has 1 aliphatic rings. The van der Waals surface area contributed by atoms with E-state index in [4.69, 9.17) is 0 Å². The van der Waals surface area contributed by atoms with Crippen molar-refractivity contribution >= 4 is 29.4 Å². The SMILES string of the molecule is CCCCCCCCCCN1c2ccccc2Sc2cc(C=O)ccc21. The van der Waals surface area contributed by atoms with Crippen LogP contribution < -0.4 is 4.90 Å². The van der Waals surface area contributed by atoms with Gasteiger partial charge in [-0.1, -0.05) is 75.8 Å². The molecule has 0 bridgehead atoms. The van der Waals surface area contributed by atoms with Crippen LogP contribution in [0.5, 0.6) is 0 Å². The Kier molecular flexibility index (Phi) is 7.19. The number of carbonyl (C=O) groups is 1. The second-order valence-corrected chi connectivity index (χ2v) is 8.13. The highest BCUT2D eigenvalue weighted by atomic mass is 32.2. The zero-order valence-corrected chi connectivity index (χ0v) is 16.6. The van der Waals surface area contributed by atoms with Crippen LogP contribution in [0.15, 0.2) is 52.3 Å². The van der Waals surface area contributed by atoms with Gasteiger partial charge in [0.2, 0.25) is 0 Å². The first-order valence-corrected chi connectivity index (χ1v) is 10.8. The third kappa shape index (κ3) is 4.70. The average molecular weight is 368 g/mol. The Morgan fingerprint density at radius 3 is 2.31 bits per heavy atom. The summed E-state index contributed by atoms with van der Waals surface area (Å²) >= 11 is 1.77. The van der Waals surface area contributed by atoms with Crippen LogP contribution in [0, 0.1) is 0 Å². The van der Waals surface area contributed by atoms with Crippen molar-refractivity contribution in [1.82, 2.24) is 0 Å². The van der Waals surface area contributed by atoms with Crippen molar-refractivity contribution in [3.8, 4) is 0 Å². The van der Waals surface area contributed by atoms with Gasteiger partial charge in [-0.2, -0.15) is 0 Å². The van der Waals surface area contributed by atoms with Crippen LogP contribution in [0.4, 0.5) is 11.4 Å². The number of nitrogens with zero attached hydrogens (tertiary/aromatic N) is 1. The summed E-state index contributed by atoms with van der Waals surface area (Å²) in [5.41, 5.74) is 3.29. The molecule has 26 heavy (non-hydrogen) atoms. The number of anilines is 2. The van der Waals surface area contributed by atoms with Crippen molar-refractivity contribution in [2.24, 2.45) is 0 Å². The van der Waals surface area contributed by atoms with E-state index in [0.717, 1.165) is 18.4 Å². The van der Waals surface area contributed by atoms with E-state index in [1.54, 1.807) is 11.8 Å².